The van der Waals surface area contributed by atoms with Gasteiger partial charge >= 0.3 is 23.9 Å². The lowest BCUT2D eigenvalue weighted by Gasteiger charge is -2.07. The van der Waals surface area contributed by atoms with E-state index < -0.39 is 23.9 Å². The zero-order chi connectivity index (χ0) is 21.7. The molecule has 0 saturated carbocycles. The fourth-order valence-electron chi connectivity index (χ4n) is 1.45. The van der Waals surface area contributed by atoms with E-state index in [0.717, 1.165) is 24.3 Å². The third-order valence-corrected chi connectivity index (χ3v) is 2.80. The second-order valence-electron chi connectivity index (χ2n) is 4.89. The molecule has 0 aliphatic carbocycles. The summed E-state index contributed by atoms with van der Waals surface area (Å²) in [6, 6.07) is 0. The van der Waals surface area contributed by atoms with Crippen molar-refractivity contribution in [3.05, 3.63) is 24.3 Å². The van der Waals surface area contributed by atoms with Crippen molar-refractivity contribution in [2.45, 2.75) is 0 Å². The van der Waals surface area contributed by atoms with Gasteiger partial charge in [-0.15, -0.1) is 0 Å². The molecule has 0 rings (SSSR count). The van der Waals surface area contributed by atoms with E-state index in [4.69, 9.17) is 23.7 Å². The van der Waals surface area contributed by atoms with Gasteiger partial charge in [0.15, 0.2) is 0 Å². The van der Waals surface area contributed by atoms with E-state index in [1.165, 1.54) is 14.2 Å². The van der Waals surface area contributed by atoms with E-state index in [9.17, 15) is 19.2 Å². The lowest BCUT2D eigenvalue weighted by Crippen LogP contribution is -2.14. The number of hydrogen-bond donors (Lipinski definition) is 0. The summed E-state index contributed by atoms with van der Waals surface area (Å²) < 4.78 is 33.9. The zero-order valence-corrected chi connectivity index (χ0v) is 16.5. The lowest BCUT2D eigenvalue weighted by molar-refractivity contribution is -0.140. The van der Waals surface area contributed by atoms with Gasteiger partial charge < -0.3 is 33.2 Å². The molecule has 0 atom stereocenters. The summed E-state index contributed by atoms with van der Waals surface area (Å²) in [6.07, 6.45) is 3.86. The predicted octanol–water partition coefficient (Wildman–Crippen LogP) is -0.419. The Morgan fingerprint density at radius 3 is 1.07 bits per heavy atom. The maximum atomic E-state index is 11.2. The van der Waals surface area contributed by atoms with Gasteiger partial charge in [0.25, 0.3) is 0 Å². The minimum absolute atomic E-state index is 0.0427. The third-order valence-electron chi connectivity index (χ3n) is 2.80. The normalized spacial score (nSPS) is 10.8. The molecule has 0 aromatic carbocycles. The van der Waals surface area contributed by atoms with Gasteiger partial charge in [-0.25, -0.2) is 19.2 Å². The maximum Gasteiger partial charge on any atom is 0.331 e. The number of esters is 4. The number of rotatable bonds is 16. The van der Waals surface area contributed by atoms with Gasteiger partial charge in [-0.05, 0) is 0 Å². The van der Waals surface area contributed by atoms with Crippen LogP contribution in [-0.4, -0.2) is 91.0 Å². The van der Waals surface area contributed by atoms with Crippen molar-refractivity contribution in [3.63, 3.8) is 0 Å². The van der Waals surface area contributed by atoms with Crippen LogP contribution in [0.25, 0.3) is 0 Å². The van der Waals surface area contributed by atoms with Crippen LogP contribution in [0.1, 0.15) is 0 Å². The molecule has 0 bridgehead atoms. The van der Waals surface area contributed by atoms with E-state index in [2.05, 4.69) is 9.47 Å². The van der Waals surface area contributed by atoms with E-state index in [-0.39, 0.29) is 26.4 Å². The van der Waals surface area contributed by atoms with Crippen LogP contribution in [-0.2, 0) is 52.3 Å². The number of methoxy groups -OCH3 is 2. The first-order chi connectivity index (χ1) is 14.0. The Bertz CT molecular complexity index is 506. The Kier molecular flexibility index (Phi) is 16.8. The molecule has 0 radical (unpaired) electrons. The van der Waals surface area contributed by atoms with E-state index >= 15 is 0 Å². The summed E-state index contributed by atoms with van der Waals surface area (Å²) in [7, 11) is 2.40. The van der Waals surface area contributed by atoms with Crippen LogP contribution in [0, 0.1) is 0 Å². The van der Waals surface area contributed by atoms with Crippen LogP contribution in [0.2, 0.25) is 0 Å². The first kappa shape index (κ1) is 26.2. The standard InChI is InChI=1S/C18H26O11/c1-23-15(19)3-5-17(21)28-13-11-26-9-7-25-8-10-27-12-14-29-18(22)6-4-16(20)24-2/h3-6H,7-14H2,1-2H3/b5-3+,6-4?. The van der Waals surface area contributed by atoms with Crippen molar-refractivity contribution in [2.24, 2.45) is 0 Å². The van der Waals surface area contributed by atoms with Gasteiger partial charge in [0.05, 0.1) is 53.9 Å². The molecule has 0 spiro atoms. The van der Waals surface area contributed by atoms with Crippen LogP contribution in [0.15, 0.2) is 24.3 Å². The van der Waals surface area contributed by atoms with Crippen LogP contribution in [0.3, 0.4) is 0 Å². The topological polar surface area (TPSA) is 133 Å². The Balaban J connectivity index is 3.37. The second-order valence-corrected chi connectivity index (χ2v) is 4.89. The van der Waals surface area contributed by atoms with Crippen molar-refractivity contribution in [1.29, 1.82) is 0 Å². The van der Waals surface area contributed by atoms with E-state index in [0.29, 0.717) is 26.4 Å². The quantitative estimate of drug-likeness (QED) is 0.140. The van der Waals surface area contributed by atoms with E-state index in [1.807, 2.05) is 0 Å². The molecule has 11 heteroatoms. The van der Waals surface area contributed by atoms with Crippen molar-refractivity contribution in [2.75, 3.05) is 67.1 Å². The molecule has 11 nitrogen and oxygen atoms in total. The number of carbonyl (C=O) groups excluding carboxylic acids is 4. The second kappa shape index (κ2) is 18.6. The van der Waals surface area contributed by atoms with Crippen molar-refractivity contribution >= 4 is 23.9 Å². The number of hydrogen-bond acceptors (Lipinski definition) is 11. The summed E-state index contributed by atoms with van der Waals surface area (Å²) in [4.78, 5) is 43.9. The fraction of sp³-hybridized carbons (Fsp3) is 0.556. The Morgan fingerprint density at radius 1 is 0.483 bits per heavy atom. The molecule has 0 fully saturated rings. The summed E-state index contributed by atoms with van der Waals surface area (Å²) in [5, 5.41) is 0. The molecule has 0 aliphatic heterocycles. The highest BCUT2D eigenvalue weighted by Crippen LogP contribution is 1.88. The highest BCUT2D eigenvalue weighted by Gasteiger charge is 2.00. The smallest absolute Gasteiger partial charge is 0.331 e. The third kappa shape index (κ3) is 18.4. The SMILES string of the molecule is COC(=O)C=CC(=O)OCCOCCOCCOCCOC(=O)/C=C/C(=O)OC. The molecule has 29 heavy (non-hydrogen) atoms. The van der Waals surface area contributed by atoms with Crippen molar-refractivity contribution in [3.8, 4) is 0 Å². The molecular weight excluding hydrogens is 392 g/mol. The van der Waals surface area contributed by atoms with Gasteiger partial charge in [0.1, 0.15) is 13.2 Å². The van der Waals surface area contributed by atoms with Crippen LogP contribution in [0.4, 0.5) is 0 Å². The predicted molar refractivity (Wildman–Crippen MR) is 96.7 cm³/mol. The van der Waals surface area contributed by atoms with Gasteiger partial charge in [-0.2, -0.15) is 0 Å². The largest absolute Gasteiger partial charge is 0.466 e. The lowest BCUT2D eigenvalue weighted by atomic mass is 10.5. The van der Waals surface area contributed by atoms with Crippen molar-refractivity contribution in [1.82, 2.24) is 0 Å². The van der Waals surface area contributed by atoms with Gasteiger partial charge in [-0.3, -0.25) is 0 Å². The van der Waals surface area contributed by atoms with Crippen LogP contribution < -0.4 is 0 Å². The fourth-order valence-corrected chi connectivity index (χ4v) is 1.45. The Hall–Kier alpha value is -2.76. The Morgan fingerprint density at radius 2 is 0.759 bits per heavy atom. The maximum absolute atomic E-state index is 11.2. The molecule has 0 unspecified atom stereocenters. The molecule has 0 N–H and O–H groups in total. The van der Waals surface area contributed by atoms with Gasteiger partial charge in [0.2, 0.25) is 0 Å². The van der Waals surface area contributed by atoms with E-state index in [1.54, 1.807) is 0 Å². The highest BCUT2D eigenvalue weighted by molar-refractivity contribution is 5.92. The van der Waals surface area contributed by atoms with Crippen LogP contribution in [0.5, 0.6) is 0 Å². The van der Waals surface area contributed by atoms with Gasteiger partial charge in [0, 0.05) is 24.3 Å². The summed E-state index contributed by atoms with van der Waals surface area (Å²) in [5.74, 6) is -2.63. The molecule has 164 valence electrons. The monoisotopic (exact) mass is 418 g/mol. The number of carbonyl (C=O) groups is 4. The molecule has 0 aliphatic rings. The molecule has 0 saturated heterocycles. The number of ether oxygens (including phenoxy) is 7. The summed E-state index contributed by atoms with van der Waals surface area (Å²) in [5.41, 5.74) is 0. The molecule has 0 heterocycles. The zero-order valence-electron chi connectivity index (χ0n) is 16.5. The molecule has 0 amide bonds. The molecular formula is C18H26O11. The van der Waals surface area contributed by atoms with Crippen LogP contribution >= 0.6 is 0 Å². The molecule has 0 aromatic rings. The Labute approximate surface area is 168 Å². The first-order valence-electron chi connectivity index (χ1n) is 8.58. The summed E-state index contributed by atoms with van der Waals surface area (Å²) >= 11 is 0. The highest BCUT2D eigenvalue weighted by atomic mass is 16.6. The molecule has 0 aromatic heterocycles. The average Bonchev–Trinajstić information content (AvgIpc) is 2.73. The average molecular weight is 418 g/mol. The van der Waals surface area contributed by atoms with Gasteiger partial charge in [-0.1, -0.05) is 0 Å². The first-order valence-corrected chi connectivity index (χ1v) is 8.58. The minimum Gasteiger partial charge on any atom is -0.466 e. The minimum atomic E-state index is -0.669. The van der Waals surface area contributed by atoms with Crippen molar-refractivity contribution < 1.29 is 52.3 Å². The summed E-state index contributed by atoms with van der Waals surface area (Å²) in [6.45, 7) is 1.72.